The molecule has 9 heteroatoms. The van der Waals surface area contributed by atoms with Crippen molar-refractivity contribution in [1.29, 1.82) is 0 Å². The molecule has 3 heterocycles. The predicted molar refractivity (Wildman–Crippen MR) is 96.3 cm³/mol. The minimum atomic E-state index is -0.522. The van der Waals surface area contributed by atoms with Crippen LogP contribution in [-0.4, -0.2) is 21.0 Å². The van der Waals surface area contributed by atoms with E-state index in [-0.39, 0.29) is 17.5 Å². The maximum atomic E-state index is 13.6. The van der Waals surface area contributed by atoms with E-state index < -0.39 is 11.7 Å². The van der Waals surface area contributed by atoms with Gasteiger partial charge in [0.05, 0.1) is 23.0 Å². The number of thiophene rings is 1. The molecule has 4 aromatic rings. The van der Waals surface area contributed by atoms with Crippen molar-refractivity contribution in [2.24, 2.45) is 0 Å². The van der Waals surface area contributed by atoms with Crippen LogP contribution in [0.25, 0.3) is 10.6 Å². The molecule has 4 rings (SSSR count). The summed E-state index contributed by atoms with van der Waals surface area (Å²) in [5.41, 5.74) is 0.464. The second-order valence-corrected chi connectivity index (χ2v) is 6.24. The van der Waals surface area contributed by atoms with Crippen LogP contribution in [0.2, 0.25) is 0 Å². The van der Waals surface area contributed by atoms with Crippen LogP contribution in [0, 0.1) is 5.82 Å². The Kier molecular flexibility index (Phi) is 4.58. The average Bonchev–Trinajstić information content (AvgIpc) is 3.36. The van der Waals surface area contributed by atoms with Gasteiger partial charge in [-0.1, -0.05) is 23.4 Å². The number of carbonyl (C=O) groups is 1. The molecule has 27 heavy (non-hydrogen) atoms. The first kappa shape index (κ1) is 16.9. The topological polar surface area (TPSA) is 90.1 Å². The number of anilines is 1. The van der Waals surface area contributed by atoms with Crippen LogP contribution in [0.3, 0.4) is 0 Å². The Morgan fingerprint density at radius 2 is 1.96 bits per heavy atom. The van der Waals surface area contributed by atoms with E-state index >= 15 is 0 Å². The van der Waals surface area contributed by atoms with Crippen molar-refractivity contribution in [2.75, 3.05) is 5.32 Å². The Hall–Kier alpha value is -3.59. The quantitative estimate of drug-likeness (QED) is 0.551. The lowest BCUT2D eigenvalue weighted by Gasteiger charge is -2.05. The van der Waals surface area contributed by atoms with E-state index in [9.17, 15) is 9.18 Å². The summed E-state index contributed by atoms with van der Waals surface area (Å²) in [6.45, 7) is 0. The van der Waals surface area contributed by atoms with Gasteiger partial charge in [0.25, 0.3) is 5.91 Å². The minimum Gasteiger partial charge on any atom is -0.421 e. The molecule has 0 saturated carbocycles. The molecule has 1 aromatic carbocycles. The molecular formula is C18H11FN4O3S. The maximum absolute atomic E-state index is 13.6. The number of hydrogen-bond acceptors (Lipinski definition) is 7. The number of amides is 1. The SMILES string of the molecule is O=C(Nc1cnc(Oc2ccccc2F)nc1)c1cc(-c2cccs2)on1. The molecule has 1 amide bonds. The normalized spacial score (nSPS) is 10.6. The Bertz CT molecular complexity index is 1060. The van der Waals surface area contributed by atoms with E-state index in [1.54, 1.807) is 18.2 Å². The van der Waals surface area contributed by atoms with Crippen molar-refractivity contribution in [3.05, 3.63) is 71.7 Å². The first-order valence-corrected chi connectivity index (χ1v) is 8.63. The fourth-order valence-electron chi connectivity index (χ4n) is 2.17. The van der Waals surface area contributed by atoms with Gasteiger partial charge in [-0.15, -0.1) is 11.3 Å². The summed E-state index contributed by atoms with van der Waals surface area (Å²) in [6, 6.07) is 11.2. The van der Waals surface area contributed by atoms with Crippen molar-refractivity contribution in [2.45, 2.75) is 0 Å². The van der Waals surface area contributed by atoms with Crippen LogP contribution in [-0.2, 0) is 0 Å². The Labute approximate surface area is 156 Å². The average molecular weight is 382 g/mol. The summed E-state index contributed by atoms with van der Waals surface area (Å²) in [5, 5.41) is 8.27. The number of aromatic nitrogens is 3. The molecule has 0 spiro atoms. The number of nitrogens with one attached hydrogen (secondary N) is 1. The van der Waals surface area contributed by atoms with Gasteiger partial charge in [-0.3, -0.25) is 4.79 Å². The standard InChI is InChI=1S/C18H11FN4O3S/c19-12-4-1-2-5-14(12)25-18-20-9-11(10-21-18)22-17(24)13-8-15(26-23-13)16-6-3-7-27-16/h1-10H,(H,22,24). The van der Waals surface area contributed by atoms with Gasteiger partial charge in [-0.2, -0.15) is 0 Å². The van der Waals surface area contributed by atoms with Gasteiger partial charge in [0.2, 0.25) is 0 Å². The zero-order valence-corrected chi connectivity index (χ0v) is 14.4. The molecule has 0 unspecified atom stereocenters. The van der Waals surface area contributed by atoms with Crippen molar-refractivity contribution in [3.63, 3.8) is 0 Å². The minimum absolute atomic E-state index is 0.0120. The molecule has 0 saturated heterocycles. The maximum Gasteiger partial charge on any atom is 0.322 e. The van der Waals surface area contributed by atoms with E-state index in [1.807, 2.05) is 17.5 Å². The fraction of sp³-hybridized carbons (Fsp3) is 0. The molecule has 134 valence electrons. The first-order valence-electron chi connectivity index (χ1n) is 7.75. The van der Waals surface area contributed by atoms with Gasteiger partial charge in [0.1, 0.15) is 0 Å². The monoisotopic (exact) mass is 382 g/mol. The first-order chi connectivity index (χ1) is 13.2. The molecule has 0 radical (unpaired) electrons. The summed E-state index contributed by atoms with van der Waals surface area (Å²) in [4.78, 5) is 21.0. The van der Waals surface area contributed by atoms with E-state index in [2.05, 4.69) is 20.4 Å². The third-order valence-electron chi connectivity index (χ3n) is 3.43. The molecule has 0 aliphatic rings. The highest BCUT2D eigenvalue weighted by atomic mass is 32.1. The lowest BCUT2D eigenvalue weighted by Crippen LogP contribution is -2.12. The lowest BCUT2D eigenvalue weighted by molar-refractivity contribution is 0.101. The lowest BCUT2D eigenvalue weighted by atomic mass is 10.3. The zero-order chi connectivity index (χ0) is 18.6. The van der Waals surface area contributed by atoms with E-state index in [1.165, 1.54) is 35.9 Å². The Balaban J connectivity index is 1.42. The number of rotatable bonds is 5. The largest absolute Gasteiger partial charge is 0.421 e. The highest BCUT2D eigenvalue weighted by molar-refractivity contribution is 7.13. The van der Waals surface area contributed by atoms with Gasteiger partial charge in [0, 0.05) is 6.07 Å². The Morgan fingerprint density at radius 3 is 2.70 bits per heavy atom. The number of nitrogens with zero attached hydrogens (tertiary/aromatic N) is 3. The third-order valence-corrected chi connectivity index (χ3v) is 4.32. The van der Waals surface area contributed by atoms with Crippen LogP contribution < -0.4 is 10.1 Å². The molecular weight excluding hydrogens is 371 g/mol. The summed E-state index contributed by atoms with van der Waals surface area (Å²) in [7, 11) is 0. The smallest absolute Gasteiger partial charge is 0.322 e. The van der Waals surface area contributed by atoms with Crippen molar-refractivity contribution >= 4 is 22.9 Å². The van der Waals surface area contributed by atoms with Crippen molar-refractivity contribution < 1.29 is 18.4 Å². The van der Waals surface area contributed by atoms with Gasteiger partial charge < -0.3 is 14.6 Å². The number of halogens is 1. The summed E-state index contributed by atoms with van der Waals surface area (Å²) >= 11 is 1.48. The second kappa shape index (κ2) is 7.34. The molecule has 1 N–H and O–H groups in total. The predicted octanol–water partition coefficient (Wildman–Crippen LogP) is 4.38. The van der Waals surface area contributed by atoms with Crippen molar-refractivity contribution in [3.8, 4) is 22.4 Å². The second-order valence-electron chi connectivity index (χ2n) is 5.29. The van der Waals surface area contributed by atoms with Crippen LogP contribution >= 0.6 is 11.3 Å². The number of benzene rings is 1. The molecule has 3 aromatic heterocycles. The highest BCUT2D eigenvalue weighted by Gasteiger charge is 2.15. The number of para-hydroxylation sites is 1. The summed E-state index contributed by atoms with van der Waals surface area (Å²) in [6.07, 6.45) is 2.70. The fourth-order valence-corrected chi connectivity index (χ4v) is 2.84. The zero-order valence-electron chi connectivity index (χ0n) is 13.6. The summed E-state index contributed by atoms with van der Waals surface area (Å²) < 4.78 is 24.0. The van der Waals surface area contributed by atoms with Crippen LogP contribution in [0.1, 0.15) is 10.5 Å². The van der Waals surface area contributed by atoms with E-state index in [0.717, 1.165) is 4.88 Å². The molecule has 7 nitrogen and oxygen atoms in total. The highest BCUT2D eigenvalue weighted by Crippen LogP contribution is 2.25. The van der Waals surface area contributed by atoms with Gasteiger partial charge in [0.15, 0.2) is 23.0 Å². The Morgan fingerprint density at radius 1 is 1.15 bits per heavy atom. The van der Waals surface area contributed by atoms with Gasteiger partial charge >= 0.3 is 6.01 Å². The van der Waals surface area contributed by atoms with Crippen LogP contribution in [0.5, 0.6) is 11.8 Å². The summed E-state index contributed by atoms with van der Waals surface area (Å²) in [5.74, 6) is -0.461. The van der Waals surface area contributed by atoms with E-state index in [4.69, 9.17) is 9.26 Å². The van der Waals surface area contributed by atoms with Crippen molar-refractivity contribution in [1.82, 2.24) is 15.1 Å². The molecule has 0 bridgehead atoms. The number of hydrogen-bond donors (Lipinski definition) is 1. The van der Waals surface area contributed by atoms with Gasteiger partial charge in [-0.05, 0) is 23.6 Å². The third kappa shape index (κ3) is 3.82. The van der Waals surface area contributed by atoms with Crippen LogP contribution in [0.4, 0.5) is 10.1 Å². The number of carbonyl (C=O) groups excluding carboxylic acids is 1. The van der Waals surface area contributed by atoms with Gasteiger partial charge in [-0.25, -0.2) is 14.4 Å². The molecule has 0 aliphatic carbocycles. The van der Waals surface area contributed by atoms with Crippen LogP contribution in [0.15, 0.2) is 64.8 Å². The van der Waals surface area contributed by atoms with E-state index in [0.29, 0.717) is 11.4 Å². The molecule has 0 atom stereocenters. The number of ether oxygens (including phenoxy) is 1. The molecule has 0 fully saturated rings. The molecule has 0 aliphatic heterocycles.